The molecule has 1 aromatic rings. The van der Waals surface area contributed by atoms with Gasteiger partial charge in [-0.25, -0.2) is 8.42 Å². The Morgan fingerprint density at radius 3 is 2.58 bits per heavy atom. The van der Waals surface area contributed by atoms with Gasteiger partial charge in [-0.3, -0.25) is 10.5 Å². The minimum atomic E-state index is -3.79. The van der Waals surface area contributed by atoms with E-state index in [0.717, 1.165) is 24.7 Å². The summed E-state index contributed by atoms with van der Waals surface area (Å²) < 4.78 is 36.8. The van der Waals surface area contributed by atoms with E-state index >= 15 is 0 Å². The standard InChI is InChI=1S/C22H37N3O5S/c1-6-17-8-9-18(14-20(17)30-13-7-12-29-4)21(26)25(16(2)3)22(23,31(5,27)28)19-10-11-24-15-19/h8-9,14,16,19,24H,6-7,10-13,15,23H2,1-5H3/t19-,22?/m0/s1. The van der Waals surface area contributed by atoms with Gasteiger partial charge < -0.3 is 19.7 Å². The summed E-state index contributed by atoms with van der Waals surface area (Å²) in [4.78, 5) is 13.2. The van der Waals surface area contributed by atoms with Crippen molar-refractivity contribution >= 4 is 15.7 Å². The number of hydrogen-bond acceptors (Lipinski definition) is 7. The first kappa shape index (κ1) is 25.6. The smallest absolute Gasteiger partial charge is 0.256 e. The van der Waals surface area contributed by atoms with Crippen molar-refractivity contribution in [3.8, 4) is 5.75 Å². The molecule has 2 rings (SSSR count). The van der Waals surface area contributed by atoms with Crippen molar-refractivity contribution in [3.05, 3.63) is 29.3 Å². The highest BCUT2D eigenvalue weighted by molar-refractivity contribution is 7.92. The summed E-state index contributed by atoms with van der Waals surface area (Å²) in [5, 5.41) is 3.17. The molecular weight excluding hydrogens is 418 g/mol. The van der Waals surface area contributed by atoms with Crippen LogP contribution in [-0.4, -0.2) is 69.9 Å². The van der Waals surface area contributed by atoms with Crippen molar-refractivity contribution in [2.45, 2.75) is 51.1 Å². The molecule has 0 spiro atoms. The molecule has 1 unspecified atom stereocenters. The van der Waals surface area contributed by atoms with Gasteiger partial charge in [0.05, 0.1) is 6.61 Å². The molecule has 1 aliphatic heterocycles. The van der Waals surface area contributed by atoms with Crippen LogP contribution in [0.3, 0.4) is 0 Å². The lowest BCUT2D eigenvalue weighted by Crippen LogP contribution is -2.69. The molecule has 1 fully saturated rings. The molecule has 8 nitrogen and oxygen atoms in total. The number of benzene rings is 1. The predicted molar refractivity (Wildman–Crippen MR) is 122 cm³/mol. The number of hydrogen-bond donors (Lipinski definition) is 2. The fourth-order valence-electron chi connectivity index (χ4n) is 4.12. The zero-order valence-electron chi connectivity index (χ0n) is 19.3. The van der Waals surface area contributed by atoms with Crippen LogP contribution >= 0.6 is 0 Å². The van der Waals surface area contributed by atoms with Gasteiger partial charge in [0, 0.05) is 50.5 Å². The van der Waals surface area contributed by atoms with Gasteiger partial charge >= 0.3 is 0 Å². The first-order chi connectivity index (χ1) is 14.6. The van der Waals surface area contributed by atoms with E-state index in [4.69, 9.17) is 15.2 Å². The van der Waals surface area contributed by atoms with Crippen LogP contribution in [0.15, 0.2) is 18.2 Å². The Morgan fingerprint density at radius 2 is 2.06 bits per heavy atom. The number of carbonyl (C=O) groups is 1. The fourth-order valence-corrected chi connectivity index (χ4v) is 5.58. The normalized spacial score (nSPS) is 18.7. The molecule has 1 amide bonds. The van der Waals surface area contributed by atoms with E-state index in [1.54, 1.807) is 33.1 Å². The second kappa shape index (κ2) is 10.8. The monoisotopic (exact) mass is 455 g/mol. The molecule has 0 aliphatic carbocycles. The summed E-state index contributed by atoms with van der Waals surface area (Å²) in [5.41, 5.74) is 7.94. The Bertz CT molecular complexity index is 853. The molecule has 3 N–H and O–H groups in total. The van der Waals surface area contributed by atoms with E-state index in [0.29, 0.717) is 44.0 Å². The average Bonchev–Trinajstić information content (AvgIpc) is 3.25. The van der Waals surface area contributed by atoms with E-state index in [1.165, 1.54) is 4.90 Å². The lowest BCUT2D eigenvalue weighted by molar-refractivity contribution is 0.0440. The summed E-state index contributed by atoms with van der Waals surface area (Å²) in [6, 6.07) is 4.85. The molecule has 1 aliphatic rings. The van der Waals surface area contributed by atoms with Gasteiger partial charge in [0.2, 0.25) is 0 Å². The van der Waals surface area contributed by atoms with Crippen LogP contribution in [0.25, 0.3) is 0 Å². The summed E-state index contributed by atoms with van der Waals surface area (Å²) >= 11 is 0. The molecule has 0 radical (unpaired) electrons. The highest BCUT2D eigenvalue weighted by atomic mass is 32.2. The van der Waals surface area contributed by atoms with Crippen LogP contribution in [0.1, 0.15) is 49.5 Å². The Labute approximate surface area is 186 Å². The Kier molecular flexibility index (Phi) is 8.88. The maximum absolute atomic E-state index is 13.7. The topological polar surface area (TPSA) is 111 Å². The quantitative estimate of drug-likeness (QED) is 0.386. The van der Waals surface area contributed by atoms with Crippen molar-refractivity contribution in [1.82, 2.24) is 10.2 Å². The lowest BCUT2D eigenvalue weighted by atomic mass is 10.0. The third-order valence-corrected chi connectivity index (χ3v) is 7.51. The van der Waals surface area contributed by atoms with Crippen LogP contribution in [0.2, 0.25) is 0 Å². The predicted octanol–water partition coefficient (Wildman–Crippen LogP) is 1.78. The number of ether oxygens (including phenoxy) is 2. The molecule has 1 saturated heterocycles. The zero-order chi connectivity index (χ0) is 23.2. The minimum absolute atomic E-state index is 0.358. The van der Waals surface area contributed by atoms with Crippen molar-refractivity contribution in [3.63, 3.8) is 0 Å². The Balaban J connectivity index is 2.44. The van der Waals surface area contributed by atoms with Gasteiger partial charge in [-0.05, 0) is 50.9 Å². The fraction of sp³-hybridized carbons (Fsp3) is 0.682. The number of sulfone groups is 1. The Morgan fingerprint density at radius 1 is 1.35 bits per heavy atom. The van der Waals surface area contributed by atoms with Gasteiger partial charge in [-0.1, -0.05) is 13.0 Å². The molecule has 176 valence electrons. The third-order valence-electron chi connectivity index (χ3n) is 5.80. The molecule has 31 heavy (non-hydrogen) atoms. The first-order valence-corrected chi connectivity index (χ1v) is 12.7. The SMILES string of the molecule is CCc1ccc(C(=O)N(C(C)C)C(N)([C@H]2CCNC2)S(C)(=O)=O)cc1OCCCOC. The summed E-state index contributed by atoms with van der Waals surface area (Å²) in [5.74, 6) is -0.189. The largest absolute Gasteiger partial charge is 0.493 e. The molecule has 9 heteroatoms. The summed E-state index contributed by atoms with van der Waals surface area (Å²) in [7, 11) is -2.15. The highest BCUT2D eigenvalue weighted by Gasteiger charge is 2.53. The van der Waals surface area contributed by atoms with E-state index < -0.39 is 32.7 Å². The lowest BCUT2D eigenvalue weighted by Gasteiger charge is -2.45. The molecule has 0 saturated carbocycles. The number of nitrogens with zero attached hydrogens (tertiary/aromatic N) is 1. The number of rotatable bonds is 11. The van der Waals surface area contributed by atoms with E-state index in [-0.39, 0.29) is 0 Å². The average molecular weight is 456 g/mol. The number of nitrogens with one attached hydrogen (secondary N) is 1. The van der Waals surface area contributed by atoms with Crippen LogP contribution in [-0.2, 0) is 21.0 Å². The van der Waals surface area contributed by atoms with Crippen LogP contribution in [0, 0.1) is 5.92 Å². The van der Waals surface area contributed by atoms with Crippen molar-refractivity contribution in [2.75, 3.05) is 39.7 Å². The van der Waals surface area contributed by atoms with Crippen LogP contribution in [0.4, 0.5) is 0 Å². The van der Waals surface area contributed by atoms with Gasteiger partial charge in [0.1, 0.15) is 5.75 Å². The minimum Gasteiger partial charge on any atom is -0.493 e. The van der Waals surface area contributed by atoms with Crippen LogP contribution in [0.5, 0.6) is 5.75 Å². The number of nitrogens with two attached hydrogens (primary N) is 1. The number of amides is 1. The Hall–Kier alpha value is -1.68. The zero-order valence-corrected chi connectivity index (χ0v) is 20.1. The highest BCUT2D eigenvalue weighted by Crippen LogP contribution is 2.34. The van der Waals surface area contributed by atoms with Gasteiger partial charge in [-0.15, -0.1) is 0 Å². The summed E-state index contributed by atoms with van der Waals surface area (Å²) in [6.45, 7) is 7.75. The molecular formula is C22H37N3O5S. The van der Waals surface area contributed by atoms with Gasteiger partial charge in [-0.2, -0.15) is 0 Å². The van der Waals surface area contributed by atoms with Gasteiger partial charge in [0.15, 0.2) is 14.8 Å². The van der Waals surface area contributed by atoms with Crippen LogP contribution < -0.4 is 15.8 Å². The third kappa shape index (κ3) is 5.58. The molecule has 1 heterocycles. The maximum atomic E-state index is 13.7. The number of aryl methyl sites for hydroxylation is 1. The maximum Gasteiger partial charge on any atom is 0.256 e. The molecule has 1 aromatic carbocycles. The van der Waals surface area contributed by atoms with E-state index in [1.807, 2.05) is 13.0 Å². The number of carbonyl (C=O) groups excluding carboxylic acids is 1. The molecule has 0 bridgehead atoms. The van der Waals surface area contributed by atoms with Crippen molar-refractivity contribution in [2.24, 2.45) is 11.7 Å². The number of methoxy groups -OCH3 is 1. The first-order valence-electron chi connectivity index (χ1n) is 10.8. The van der Waals surface area contributed by atoms with E-state index in [9.17, 15) is 13.2 Å². The molecule has 2 atom stereocenters. The second-order valence-corrected chi connectivity index (χ2v) is 10.6. The van der Waals surface area contributed by atoms with Gasteiger partial charge in [0.25, 0.3) is 5.91 Å². The second-order valence-electron chi connectivity index (χ2n) is 8.35. The molecule has 0 aromatic heterocycles. The summed E-state index contributed by atoms with van der Waals surface area (Å²) in [6.07, 6.45) is 3.17. The van der Waals surface area contributed by atoms with E-state index in [2.05, 4.69) is 5.32 Å². The van der Waals surface area contributed by atoms with Crippen molar-refractivity contribution in [1.29, 1.82) is 0 Å². The van der Waals surface area contributed by atoms with Crippen molar-refractivity contribution < 1.29 is 22.7 Å².